The van der Waals surface area contributed by atoms with Gasteiger partial charge in [0.15, 0.2) is 0 Å². The maximum absolute atomic E-state index is 12.7. The fourth-order valence-electron chi connectivity index (χ4n) is 3.95. The minimum atomic E-state index is -0.0664. The molecule has 0 atom stereocenters. The van der Waals surface area contributed by atoms with Crippen molar-refractivity contribution in [3.8, 4) is 17.0 Å². The number of benzene rings is 2. The number of nitrogens with zero attached hydrogens (tertiary/aromatic N) is 2. The molecule has 1 amide bonds. The number of piperidine rings is 1. The van der Waals surface area contributed by atoms with E-state index in [2.05, 4.69) is 32.5 Å². The van der Waals surface area contributed by atoms with E-state index >= 15 is 0 Å². The SMILES string of the molecule is COc1ccc(CN2CCC(CNC(=O)c3cn[nH]c3-c3ccccc3)CC2)cc1. The van der Waals surface area contributed by atoms with Gasteiger partial charge in [0.05, 0.1) is 24.6 Å². The van der Waals surface area contributed by atoms with Gasteiger partial charge < -0.3 is 10.1 Å². The van der Waals surface area contributed by atoms with Crippen molar-refractivity contribution in [1.29, 1.82) is 0 Å². The molecule has 156 valence electrons. The van der Waals surface area contributed by atoms with Crippen LogP contribution in [-0.4, -0.2) is 47.7 Å². The second-order valence-corrected chi connectivity index (χ2v) is 7.80. The Morgan fingerprint density at radius 1 is 1.13 bits per heavy atom. The van der Waals surface area contributed by atoms with E-state index in [0.717, 1.165) is 49.5 Å². The number of carbonyl (C=O) groups is 1. The van der Waals surface area contributed by atoms with Gasteiger partial charge in [0.25, 0.3) is 5.91 Å². The predicted molar refractivity (Wildman–Crippen MR) is 117 cm³/mol. The second kappa shape index (κ2) is 9.59. The van der Waals surface area contributed by atoms with E-state index < -0.39 is 0 Å². The summed E-state index contributed by atoms with van der Waals surface area (Å²) in [6, 6.07) is 18.1. The first-order valence-electron chi connectivity index (χ1n) is 10.4. The van der Waals surface area contributed by atoms with Crippen molar-refractivity contribution in [3.05, 3.63) is 71.9 Å². The first-order valence-corrected chi connectivity index (χ1v) is 10.4. The molecule has 0 saturated carbocycles. The van der Waals surface area contributed by atoms with E-state index in [0.29, 0.717) is 18.0 Å². The van der Waals surface area contributed by atoms with E-state index in [1.807, 2.05) is 42.5 Å². The molecule has 1 fully saturated rings. The highest BCUT2D eigenvalue weighted by atomic mass is 16.5. The number of aromatic amines is 1. The number of hydrogen-bond acceptors (Lipinski definition) is 4. The number of carbonyl (C=O) groups excluding carboxylic acids is 1. The van der Waals surface area contributed by atoms with Crippen molar-refractivity contribution in [2.45, 2.75) is 19.4 Å². The normalized spacial score (nSPS) is 15.1. The van der Waals surface area contributed by atoms with Gasteiger partial charge in [-0.2, -0.15) is 5.10 Å². The molecule has 6 nitrogen and oxygen atoms in total. The van der Waals surface area contributed by atoms with Crippen LogP contribution >= 0.6 is 0 Å². The Morgan fingerprint density at radius 3 is 2.57 bits per heavy atom. The molecule has 1 aliphatic heterocycles. The van der Waals surface area contributed by atoms with Crippen LogP contribution in [0.5, 0.6) is 5.75 Å². The summed E-state index contributed by atoms with van der Waals surface area (Å²) in [7, 11) is 1.69. The largest absolute Gasteiger partial charge is 0.497 e. The monoisotopic (exact) mass is 404 g/mol. The maximum Gasteiger partial charge on any atom is 0.255 e. The van der Waals surface area contributed by atoms with Gasteiger partial charge in [-0.05, 0) is 49.5 Å². The van der Waals surface area contributed by atoms with Crippen molar-refractivity contribution in [2.75, 3.05) is 26.7 Å². The number of rotatable bonds is 7. The molecular formula is C24H28N4O2. The molecule has 0 spiro atoms. The molecule has 4 rings (SSSR count). The fourth-order valence-corrected chi connectivity index (χ4v) is 3.95. The minimum Gasteiger partial charge on any atom is -0.497 e. The first kappa shape index (κ1) is 20.2. The topological polar surface area (TPSA) is 70.2 Å². The molecule has 0 unspecified atom stereocenters. The van der Waals surface area contributed by atoms with Crippen molar-refractivity contribution in [2.24, 2.45) is 5.92 Å². The predicted octanol–water partition coefficient (Wildman–Crippen LogP) is 3.73. The van der Waals surface area contributed by atoms with Crippen LogP contribution in [0.1, 0.15) is 28.8 Å². The number of hydrogen-bond donors (Lipinski definition) is 2. The quantitative estimate of drug-likeness (QED) is 0.630. The lowest BCUT2D eigenvalue weighted by Gasteiger charge is -2.32. The molecule has 30 heavy (non-hydrogen) atoms. The number of methoxy groups -OCH3 is 1. The number of nitrogens with one attached hydrogen (secondary N) is 2. The summed E-state index contributed by atoms with van der Waals surface area (Å²) in [6.45, 7) is 3.76. The molecule has 2 N–H and O–H groups in total. The van der Waals surface area contributed by atoms with E-state index in [1.165, 1.54) is 5.56 Å². The van der Waals surface area contributed by atoms with Crippen molar-refractivity contribution in [1.82, 2.24) is 20.4 Å². The smallest absolute Gasteiger partial charge is 0.255 e. The van der Waals surface area contributed by atoms with Crippen LogP contribution in [0.15, 0.2) is 60.8 Å². The molecule has 0 bridgehead atoms. The zero-order valence-corrected chi connectivity index (χ0v) is 17.3. The van der Waals surface area contributed by atoms with E-state index in [-0.39, 0.29) is 5.91 Å². The van der Waals surface area contributed by atoms with Gasteiger partial charge in [-0.1, -0.05) is 42.5 Å². The molecule has 0 radical (unpaired) electrons. The highest BCUT2D eigenvalue weighted by molar-refractivity contribution is 5.99. The van der Waals surface area contributed by atoms with E-state index in [9.17, 15) is 4.79 Å². The molecule has 6 heteroatoms. The van der Waals surface area contributed by atoms with Crippen LogP contribution < -0.4 is 10.1 Å². The Bertz CT molecular complexity index is 945. The standard InChI is InChI=1S/C24H28N4O2/c1-30-21-9-7-19(8-10-21)17-28-13-11-18(12-14-28)15-25-24(29)22-16-26-27-23(22)20-5-3-2-4-6-20/h2-10,16,18H,11-15,17H2,1H3,(H,25,29)(H,26,27). The summed E-state index contributed by atoms with van der Waals surface area (Å²) in [5.74, 6) is 1.33. The Morgan fingerprint density at radius 2 is 1.87 bits per heavy atom. The third-order valence-corrected chi connectivity index (χ3v) is 5.77. The maximum atomic E-state index is 12.7. The van der Waals surface area contributed by atoms with Gasteiger partial charge in [0.2, 0.25) is 0 Å². The Labute approximate surface area is 177 Å². The summed E-state index contributed by atoms with van der Waals surface area (Å²) in [5, 5.41) is 10.1. The van der Waals surface area contributed by atoms with Gasteiger partial charge >= 0.3 is 0 Å². The van der Waals surface area contributed by atoms with Crippen LogP contribution in [0.3, 0.4) is 0 Å². The minimum absolute atomic E-state index is 0.0664. The summed E-state index contributed by atoms with van der Waals surface area (Å²) < 4.78 is 5.22. The van der Waals surface area contributed by atoms with Crippen molar-refractivity contribution < 1.29 is 9.53 Å². The Balaban J connectivity index is 1.25. The number of amides is 1. The third-order valence-electron chi connectivity index (χ3n) is 5.77. The van der Waals surface area contributed by atoms with Crippen LogP contribution in [0.4, 0.5) is 0 Å². The summed E-state index contributed by atoms with van der Waals surface area (Å²) >= 11 is 0. The average molecular weight is 405 g/mol. The van der Waals surface area contributed by atoms with E-state index in [4.69, 9.17) is 4.74 Å². The lowest BCUT2D eigenvalue weighted by molar-refractivity contribution is 0.0936. The Kier molecular flexibility index (Phi) is 6.44. The highest BCUT2D eigenvalue weighted by Gasteiger charge is 2.21. The van der Waals surface area contributed by atoms with Crippen LogP contribution in [0.2, 0.25) is 0 Å². The lowest BCUT2D eigenvalue weighted by Crippen LogP contribution is -2.38. The molecule has 2 heterocycles. The number of aromatic nitrogens is 2. The zero-order valence-electron chi connectivity index (χ0n) is 17.3. The third kappa shape index (κ3) is 4.89. The van der Waals surface area contributed by atoms with Crippen molar-refractivity contribution in [3.63, 3.8) is 0 Å². The molecular weight excluding hydrogens is 376 g/mol. The lowest BCUT2D eigenvalue weighted by atomic mass is 9.96. The first-order chi connectivity index (χ1) is 14.7. The molecule has 1 saturated heterocycles. The Hall–Kier alpha value is -3.12. The molecule has 1 aromatic heterocycles. The molecule has 3 aromatic rings. The molecule has 1 aliphatic rings. The fraction of sp³-hybridized carbons (Fsp3) is 0.333. The highest BCUT2D eigenvalue weighted by Crippen LogP contribution is 2.22. The van der Waals surface area contributed by atoms with Gasteiger partial charge in [-0.3, -0.25) is 14.8 Å². The van der Waals surface area contributed by atoms with Gasteiger partial charge in [0, 0.05) is 18.7 Å². The second-order valence-electron chi connectivity index (χ2n) is 7.80. The molecule has 0 aliphatic carbocycles. The van der Waals surface area contributed by atoms with Crippen LogP contribution in [0.25, 0.3) is 11.3 Å². The van der Waals surface area contributed by atoms with Crippen LogP contribution in [-0.2, 0) is 6.54 Å². The number of ether oxygens (including phenoxy) is 1. The summed E-state index contributed by atoms with van der Waals surface area (Å²) in [5.41, 5.74) is 3.63. The van der Waals surface area contributed by atoms with Gasteiger partial charge in [-0.15, -0.1) is 0 Å². The van der Waals surface area contributed by atoms with E-state index in [1.54, 1.807) is 13.3 Å². The summed E-state index contributed by atoms with van der Waals surface area (Å²) in [4.78, 5) is 15.2. The zero-order chi connectivity index (χ0) is 20.8. The average Bonchev–Trinajstić information content (AvgIpc) is 3.30. The van der Waals surface area contributed by atoms with Gasteiger partial charge in [0.1, 0.15) is 5.75 Å². The summed E-state index contributed by atoms with van der Waals surface area (Å²) in [6.07, 6.45) is 3.79. The molecule has 2 aromatic carbocycles. The van der Waals surface area contributed by atoms with Gasteiger partial charge in [-0.25, -0.2) is 0 Å². The number of likely N-dealkylation sites (tertiary alicyclic amines) is 1. The number of H-pyrrole nitrogens is 1. The van der Waals surface area contributed by atoms with Crippen molar-refractivity contribution >= 4 is 5.91 Å². The van der Waals surface area contributed by atoms with Crippen LogP contribution in [0, 0.1) is 5.92 Å².